The zero-order valence-corrected chi connectivity index (χ0v) is 11.9. The first-order chi connectivity index (χ1) is 9.18. The van der Waals surface area contributed by atoms with Gasteiger partial charge in [0, 0.05) is 25.5 Å². The fraction of sp³-hybridized carbons (Fsp3) is 0.769. The van der Waals surface area contributed by atoms with Crippen molar-refractivity contribution < 1.29 is 8.42 Å². The molecule has 19 heavy (non-hydrogen) atoms. The highest BCUT2D eigenvalue weighted by atomic mass is 32.2. The van der Waals surface area contributed by atoms with Crippen LogP contribution >= 0.6 is 0 Å². The third-order valence-electron chi connectivity index (χ3n) is 4.64. The van der Waals surface area contributed by atoms with Crippen molar-refractivity contribution in [1.82, 2.24) is 13.3 Å². The Morgan fingerprint density at radius 3 is 2.21 bits per heavy atom. The molecule has 1 aliphatic carbocycles. The van der Waals surface area contributed by atoms with Gasteiger partial charge in [-0.25, -0.2) is 8.96 Å². The lowest BCUT2D eigenvalue weighted by Crippen LogP contribution is -2.42. The van der Waals surface area contributed by atoms with Crippen LogP contribution in [0.3, 0.4) is 0 Å². The maximum atomic E-state index is 12.3. The average molecular weight is 283 g/mol. The molecule has 2 heterocycles. The molecular weight excluding hydrogens is 262 g/mol. The highest BCUT2D eigenvalue weighted by Crippen LogP contribution is 2.37. The maximum absolute atomic E-state index is 12.3. The molecule has 0 atom stereocenters. The van der Waals surface area contributed by atoms with Gasteiger partial charge < -0.3 is 0 Å². The van der Waals surface area contributed by atoms with Crippen molar-refractivity contribution in [3.63, 3.8) is 0 Å². The average Bonchev–Trinajstić information content (AvgIpc) is 3.12. The molecule has 0 radical (unpaired) electrons. The molecule has 1 saturated carbocycles. The number of imidazole rings is 1. The first kappa shape index (κ1) is 13.1. The van der Waals surface area contributed by atoms with Crippen molar-refractivity contribution in [3.05, 3.63) is 18.7 Å². The van der Waals surface area contributed by atoms with Gasteiger partial charge in [0.2, 0.25) is 0 Å². The molecule has 6 heteroatoms. The molecule has 1 aliphatic heterocycles. The summed E-state index contributed by atoms with van der Waals surface area (Å²) >= 11 is 0. The van der Waals surface area contributed by atoms with Gasteiger partial charge in [-0.05, 0) is 24.7 Å². The minimum atomic E-state index is -3.38. The number of aromatic nitrogens is 2. The molecule has 5 nitrogen and oxygen atoms in total. The smallest absolute Gasteiger partial charge is 0.244 e. The highest BCUT2D eigenvalue weighted by Gasteiger charge is 2.33. The fourth-order valence-corrected chi connectivity index (χ4v) is 4.84. The molecule has 3 rings (SSSR count). The van der Waals surface area contributed by atoms with Crippen LogP contribution in [0.15, 0.2) is 18.7 Å². The van der Waals surface area contributed by atoms with Crippen LogP contribution in [-0.4, -0.2) is 34.8 Å². The van der Waals surface area contributed by atoms with Crippen LogP contribution in [0.25, 0.3) is 0 Å². The second-order valence-electron chi connectivity index (χ2n) is 5.68. The molecule has 0 unspecified atom stereocenters. The molecule has 1 aromatic heterocycles. The van der Waals surface area contributed by atoms with E-state index in [-0.39, 0.29) is 0 Å². The highest BCUT2D eigenvalue weighted by molar-refractivity contribution is 7.87. The zero-order chi connectivity index (χ0) is 13.3. The zero-order valence-electron chi connectivity index (χ0n) is 11.1. The summed E-state index contributed by atoms with van der Waals surface area (Å²) in [5, 5.41) is 0. The van der Waals surface area contributed by atoms with E-state index in [1.54, 1.807) is 4.31 Å². The second-order valence-corrected chi connectivity index (χ2v) is 7.52. The number of nitrogens with zero attached hydrogens (tertiary/aromatic N) is 3. The summed E-state index contributed by atoms with van der Waals surface area (Å²) in [7, 11) is -3.38. The first-order valence-electron chi connectivity index (χ1n) is 7.16. The Morgan fingerprint density at radius 2 is 1.63 bits per heavy atom. The van der Waals surface area contributed by atoms with Crippen molar-refractivity contribution in [1.29, 1.82) is 0 Å². The van der Waals surface area contributed by atoms with E-state index in [0.29, 0.717) is 13.1 Å². The van der Waals surface area contributed by atoms with Crippen LogP contribution in [0.1, 0.15) is 38.5 Å². The van der Waals surface area contributed by atoms with Gasteiger partial charge in [0.05, 0.1) is 0 Å². The third kappa shape index (κ3) is 2.56. The van der Waals surface area contributed by atoms with Crippen molar-refractivity contribution in [2.75, 3.05) is 13.1 Å². The largest absolute Gasteiger partial charge is 0.308 e. The SMILES string of the molecule is O=S(=O)(N1CCC(C2CCCC2)CC1)n1ccnc1. The van der Waals surface area contributed by atoms with Gasteiger partial charge in [-0.2, -0.15) is 12.7 Å². The first-order valence-corrected chi connectivity index (χ1v) is 8.56. The van der Waals surface area contributed by atoms with E-state index in [4.69, 9.17) is 0 Å². The third-order valence-corrected chi connectivity index (χ3v) is 6.40. The predicted octanol–water partition coefficient (Wildman–Crippen LogP) is 1.88. The van der Waals surface area contributed by atoms with Gasteiger partial charge in [-0.3, -0.25) is 0 Å². The summed E-state index contributed by atoms with van der Waals surface area (Å²) in [6.07, 6.45) is 11.8. The number of rotatable bonds is 3. The van der Waals surface area contributed by atoms with Crippen molar-refractivity contribution in [2.45, 2.75) is 38.5 Å². The summed E-state index contributed by atoms with van der Waals surface area (Å²) in [5.41, 5.74) is 0. The summed E-state index contributed by atoms with van der Waals surface area (Å²) in [6, 6.07) is 0. The Hall–Kier alpha value is -0.880. The second kappa shape index (κ2) is 5.25. The normalized spacial score (nSPS) is 24.0. The summed E-state index contributed by atoms with van der Waals surface area (Å²) in [4.78, 5) is 3.82. The Balaban J connectivity index is 1.64. The van der Waals surface area contributed by atoms with E-state index in [1.165, 1.54) is 48.4 Å². The van der Waals surface area contributed by atoms with E-state index in [1.807, 2.05) is 0 Å². The Kier molecular flexibility index (Phi) is 3.62. The van der Waals surface area contributed by atoms with Crippen LogP contribution in [0.4, 0.5) is 0 Å². The van der Waals surface area contributed by atoms with E-state index < -0.39 is 10.2 Å². The van der Waals surface area contributed by atoms with E-state index in [0.717, 1.165) is 24.7 Å². The molecule has 2 aliphatic rings. The lowest BCUT2D eigenvalue weighted by molar-refractivity contribution is 0.208. The monoisotopic (exact) mass is 283 g/mol. The van der Waals surface area contributed by atoms with Crippen molar-refractivity contribution in [3.8, 4) is 0 Å². The van der Waals surface area contributed by atoms with E-state index >= 15 is 0 Å². The Labute approximate surface area is 114 Å². The lowest BCUT2D eigenvalue weighted by atomic mass is 9.84. The number of hydrogen-bond donors (Lipinski definition) is 0. The summed E-state index contributed by atoms with van der Waals surface area (Å²) < 4.78 is 27.5. The van der Waals surface area contributed by atoms with Gasteiger partial charge in [0.15, 0.2) is 0 Å². The molecule has 0 bridgehead atoms. The molecule has 0 spiro atoms. The predicted molar refractivity (Wildman–Crippen MR) is 72.8 cm³/mol. The van der Waals surface area contributed by atoms with E-state index in [2.05, 4.69) is 4.98 Å². The quantitative estimate of drug-likeness (QED) is 0.851. The minimum absolute atomic E-state index is 0.654. The molecule has 1 aromatic rings. The summed E-state index contributed by atoms with van der Waals surface area (Å²) in [5.74, 6) is 1.58. The maximum Gasteiger partial charge on any atom is 0.308 e. The molecule has 0 amide bonds. The van der Waals surface area contributed by atoms with Crippen molar-refractivity contribution in [2.24, 2.45) is 11.8 Å². The molecule has 0 N–H and O–H groups in total. The molecule has 2 fully saturated rings. The lowest BCUT2D eigenvalue weighted by Gasteiger charge is -2.34. The topological polar surface area (TPSA) is 55.2 Å². The van der Waals surface area contributed by atoms with Crippen LogP contribution in [0.5, 0.6) is 0 Å². The molecule has 106 valence electrons. The Bertz CT molecular complexity index is 498. The fourth-order valence-electron chi connectivity index (χ4n) is 3.52. The Morgan fingerprint density at radius 1 is 1.00 bits per heavy atom. The minimum Gasteiger partial charge on any atom is -0.244 e. The summed E-state index contributed by atoms with van der Waals surface area (Å²) in [6.45, 7) is 1.31. The van der Waals surface area contributed by atoms with Gasteiger partial charge in [-0.15, -0.1) is 0 Å². The molecular formula is C13H21N3O2S. The van der Waals surface area contributed by atoms with Gasteiger partial charge >= 0.3 is 10.2 Å². The van der Waals surface area contributed by atoms with Gasteiger partial charge in [0.25, 0.3) is 0 Å². The van der Waals surface area contributed by atoms with Crippen LogP contribution in [-0.2, 0) is 10.2 Å². The van der Waals surface area contributed by atoms with Gasteiger partial charge in [0.1, 0.15) is 6.33 Å². The van der Waals surface area contributed by atoms with Crippen LogP contribution in [0.2, 0.25) is 0 Å². The molecule has 1 saturated heterocycles. The standard InChI is InChI=1S/C13H21N3O2S/c17-19(18,16-10-7-14-11-16)15-8-5-13(6-9-15)12-3-1-2-4-12/h7,10-13H,1-6,8-9H2. The van der Waals surface area contributed by atoms with Crippen molar-refractivity contribution >= 4 is 10.2 Å². The van der Waals surface area contributed by atoms with E-state index in [9.17, 15) is 8.42 Å². The molecule has 0 aromatic carbocycles. The van der Waals surface area contributed by atoms with Crippen LogP contribution in [0, 0.1) is 11.8 Å². The number of hydrogen-bond acceptors (Lipinski definition) is 3. The number of piperidine rings is 1. The van der Waals surface area contributed by atoms with Crippen LogP contribution < -0.4 is 0 Å². The van der Waals surface area contributed by atoms with Gasteiger partial charge in [-0.1, -0.05) is 25.7 Å².